The Morgan fingerprint density at radius 3 is 2.15 bits per heavy atom. The summed E-state index contributed by atoms with van der Waals surface area (Å²) in [6.07, 6.45) is 3.71. The highest BCUT2D eigenvalue weighted by Gasteiger charge is 2.19. The third kappa shape index (κ3) is 2.22. The van der Waals surface area contributed by atoms with Crippen molar-refractivity contribution in [3.63, 3.8) is 0 Å². The van der Waals surface area contributed by atoms with Crippen LogP contribution in [-0.4, -0.2) is 4.57 Å². The highest BCUT2D eigenvalue weighted by molar-refractivity contribution is 5.82. The summed E-state index contributed by atoms with van der Waals surface area (Å²) in [5.41, 5.74) is 5.37. The van der Waals surface area contributed by atoms with Gasteiger partial charge in [0, 0.05) is 28.6 Å². The van der Waals surface area contributed by atoms with Crippen molar-refractivity contribution in [1.29, 1.82) is 0 Å². The Morgan fingerprint density at radius 2 is 1.70 bits per heavy atom. The Labute approximate surface area is 120 Å². The van der Waals surface area contributed by atoms with E-state index in [0.29, 0.717) is 6.04 Å². The number of halogens is 1. The minimum absolute atomic E-state index is 0.223. The van der Waals surface area contributed by atoms with Crippen LogP contribution < -0.4 is 0 Å². The van der Waals surface area contributed by atoms with Gasteiger partial charge in [-0.3, -0.25) is 0 Å². The molecule has 1 nitrogen and oxygen atoms in total. The molecule has 1 aromatic heterocycles. The maximum atomic E-state index is 13.1. The van der Waals surface area contributed by atoms with Gasteiger partial charge in [0.2, 0.25) is 0 Å². The van der Waals surface area contributed by atoms with Crippen LogP contribution in [0, 0.1) is 12.7 Å². The smallest absolute Gasteiger partial charge is 0.123 e. The maximum absolute atomic E-state index is 13.1. The Hall–Kier alpha value is -2.09. The molecule has 1 heterocycles. The second-order valence-corrected chi connectivity index (χ2v) is 5.14. The van der Waals surface area contributed by atoms with Crippen molar-refractivity contribution >= 4 is 12.2 Å². The van der Waals surface area contributed by atoms with E-state index in [-0.39, 0.29) is 5.82 Å². The zero-order valence-electron chi connectivity index (χ0n) is 12.3. The molecule has 0 N–H and O–H groups in total. The van der Waals surface area contributed by atoms with Crippen molar-refractivity contribution < 1.29 is 4.39 Å². The molecule has 0 saturated heterocycles. The highest BCUT2D eigenvalue weighted by atomic mass is 19.1. The molecule has 0 bridgehead atoms. The van der Waals surface area contributed by atoms with Crippen LogP contribution in [0.3, 0.4) is 0 Å². The van der Waals surface area contributed by atoms with E-state index >= 15 is 0 Å². The number of nitrogens with zero attached hydrogens (tertiary/aromatic N) is 1. The fourth-order valence-electron chi connectivity index (χ4n) is 2.82. The Balaban J connectivity index is 2.78. The van der Waals surface area contributed by atoms with Gasteiger partial charge in [-0.1, -0.05) is 31.4 Å². The highest BCUT2D eigenvalue weighted by Crippen LogP contribution is 2.36. The van der Waals surface area contributed by atoms with Crippen molar-refractivity contribution in [1.82, 2.24) is 4.57 Å². The van der Waals surface area contributed by atoms with Gasteiger partial charge in [-0.25, -0.2) is 4.39 Å². The molecule has 20 heavy (non-hydrogen) atoms. The van der Waals surface area contributed by atoms with Gasteiger partial charge in [0.1, 0.15) is 5.82 Å². The minimum Gasteiger partial charge on any atom is -0.342 e. The van der Waals surface area contributed by atoms with Crippen molar-refractivity contribution in [2.75, 3.05) is 0 Å². The summed E-state index contributed by atoms with van der Waals surface area (Å²) in [5.74, 6) is -0.223. The first-order chi connectivity index (χ1) is 9.51. The molecule has 2 rings (SSSR count). The fourth-order valence-corrected chi connectivity index (χ4v) is 2.82. The van der Waals surface area contributed by atoms with Crippen LogP contribution in [0.5, 0.6) is 0 Å². The normalized spacial score (nSPS) is 10.8. The summed E-state index contributed by atoms with van der Waals surface area (Å²) in [4.78, 5) is 0. The Morgan fingerprint density at radius 1 is 1.10 bits per heavy atom. The monoisotopic (exact) mass is 269 g/mol. The predicted molar refractivity (Wildman–Crippen MR) is 85.1 cm³/mol. The summed E-state index contributed by atoms with van der Waals surface area (Å²) >= 11 is 0. The van der Waals surface area contributed by atoms with Gasteiger partial charge in [-0.15, -0.1) is 0 Å². The summed E-state index contributed by atoms with van der Waals surface area (Å²) in [7, 11) is 0. The molecule has 0 saturated carbocycles. The van der Waals surface area contributed by atoms with Crippen LogP contribution in [-0.2, 0) is 0 Å². The van der Waals surface area contributed by atoms with Crippen molar-refractivity contribution in [2.24, 2.45) is 0 Å². The zero-order valence-corrected chi connectivity index (χ0v) is 12.3. The van der Waals surface area contributed by atoms with Crippen LogP contribution in [0.15, 0.2) is 37.4 Å². The van der Waals surface area contributed by atoms with Crippen LogP contribution in [0.25, 0.3) is 23.3 Å². The molecule has 0 radical (unpaired) electrons. The molecule has 0 aliphatic carbocycles. The second-order valence-electron chi connectivity index (χ2n) is 5.14. The minimum atomic E-state index is -0.223. The summed E-state index contributed by atoms with van der Waals surface area (Å²) in [6.45, 7) is 14.2. The molecule has 0 aliphatic heterocycles. The SMILES string of the molecule is C=Cc1c(-c2ccc(F)cc2)c(C)n(C(C)C)c1C=C. The molecule has 2 aromatic rings. The van der Waals surface area contributed by atoms with E-state index in [4.69, 9.17) is 0 Å². The van der Waals surface area contributed by atoms with Crippen molar-refractivity contribution in [3.8, 4) is 11.1 Å². The molecular formula is C18H20FN. The van der Waals surface area contributed by atoms with Gasteiger partial charge < -0.3 is 4.57 Å². The lowest BCUT2D eigenvalue weighted by atomic mass is 10.0. The van der Waals surface area contributed by atoms with Gasteiger partial charge in [0.15, 0.2) is 0 Å². The molecule has 0 unspecified atom stereocenters. The first-order valence-corrected chi connectivity index (χ1v) is 6.76. The standard InChI is InChI=1S/C18H20FN/c1-6-16-17(7-2)20(12(3)4)13(5)18(16)14-8-10-15(19)11-9-14/h6-12H,1-2H2,3-5H3. The predicted octanol–water partition coefficient (Wildman–Crippen LogP) is 5.47. The molecule has 0 spiro atoms. The lowest BCUT2D eigenvalue weighted by molar-refractivity contribution is 0.585. The van der Waals surface area contributed by atoms with E-state index < -0.39 is 0 Å². The van der Waals surface area contributed by atoms with Crippen LogP contribution in [0.1, 0.15) is 36.8 Å². The first-order valence-electron chi connectivity index (χ1n) is 6.76. The van der Waals surface area contributed by atoms with Gasteiger partial charge in [0.05, 0.1) is 0 Å². The topological polar surface area (TPSA) is 4.93 Å². The molecule has 1 aromatic carbocycles. The summed E-state index contributed by atoms with van der Waals surface area (Å²) < 4.78 is 15.4. The maximum Gasteiger partial charge on any atom is 0.123 e. The van der Waals surface area contributed by atoms with Crippen molar-refractivity contribution in [3.05, 3.63) is 60.2 Å². The molecule has 0 amide bonds. The van der Waals surface area contributed by atoms with Gasteiger partial charge >= 0.3 is 0 Å². The number of hydrogen-bond donors (Lipinski definition) is 0. The zero-order chi connectivity index (χ0) is 14.9. The van der Waals surface area contributed by atoms with E-state index in [0.717, 1.165) is 28.1 Å². The van der Waals surface area contributed by atoms with E-state index in [1.807, 2.05) is 24.3 Å². The quantitative estimate of drug-likeness (QED) is 0.693. The average molecular weight is 269 g/mol. The third-order valence-corrected chi connectivity index (χ3v) is 3.57. The van der Waals surface area contributed by atoms with Gasteiger partial charge in [0.25, 0.3) is 0 Å². The van der Waals surface area contributed by atoms with Crippen LogP contribution in [0.4, 0.5) is 4.39 Å². The molecule has 2 heteroatoms. The average Bonchev–Trinajstić information content (AvgIpc) is 2.71. The summed E-state index contributed by atoms with van der Waals surface area (Å²) in [6, 6.07) is 6.92. The number of benzene rings is 1. The van der Waals surface area contributed by atoms with E-state index in [1.165, 1.54) is 12.1 Å². The fraction of sp³-hybridized carbons (Fsp3) is 0.222. The molecule has 0 fully saturated rings. The summed E-state index contributed by atoms with van der Waals surface area (Å²) in [5, 5.41) is 0. The Kier molecular flexibility index (Phi) is 3.93. The lowest BCUT2D eigenvalue weighted by Crippen LogP contribution is -2.05. The van der Waals surface area contributed by atoms with Gasteiger partial charge in [-0.2, -0.15) is 0 Å². The number of rotatable bonds is 4. The largest absolute Gasteiger partial charge is 0.342 e. The van der Waals surface area contributed by atoms with Crippen molar-refractivity contribution in [2.45, 2.75) is 26.8 Å². The third-order valence-electron chi connectivity index (χ3n) is 3.57. The molecule has 0 atom stereocenters. The molecule has 104 valence electrons. The second kappa shape index (κ2) is 5.49. The first kappa shape index (κ1) is 14.3. The number of aromatic nitrogens is 1. The lowest BCUT2D eigenvalue weighted by Gasteiger charge is -2.14. The molecular weight excluding hydrogens is 249 g/mol. The van der Waals surface area contributed by atoms with Crippen LogP contribution >= 0.6 is 0 Å². The van der Waals surface area contributed by atoms with Crippen LogP contribution in [0.2, 0.25) is 0 Å². The van der Waals surface area contributed by atoms with E-state index in [2.05, 4.69) is 38.5 Å². The Bertz CT molecular complexity index is 645. The van der Waals surface area contributed by atoms with Gasteiger partial charge in [-0.05, 0) is 44.5 Å². The molecule has 0 aliphatic rings. The van der Waals surface area contributed by atoms with E-state index in [1.54, 1.807) is 0 Å². The number of hydrogen-bond acceptors (Lipinski definition) is 0. The van der Waals surface area contributed by atoms with E-state index in [9.17, 15) is 4.39 Å².